The number of ether oxygens (including phenoxy) is 1. The topological polar surface area (TPSA) is 31.2 Å². The van der Waals surface area contributed by atoms with Crippen LogP contribution in [-0.4, -0.2) is 17.1 Å². The summed E-state index contributed by atoms with van der Waals surface area (Å²) in [6.45, 7) is 46.6. The third kappa shape index (κ3) is 16.6. The van der Waals surface area contributed by atoms with E-state index in [-0.39, 0.29) is 27.6 Å². The molecular formula is C72H127NO2. The van der Waals surface area contributed by atoms with Crippen molar-refractivity contribution in [2.45, 2.75) is 324 Å². The van der Waals surface area contributed by atoms with Crippen LogP contribution in [0.2, 0.25) is 0 Å². The lowest BCUT2D eigenvalue weighted by Crippen LogP contribution is -2.49. The van der Waals surface area contributed by atoms with E-state index in [0.717, 1.165) is 51.0 Å². The van der Waals surface area contributed by atoms with Crippen molar-refractivity contribution in [2.75, 3.05) is 6.61 Å². The lowest BCUT2D eigenvalue weighted by atomic mass is 9.46. The standard InChI is InChI=1S/C72H127NO2/c1-19-44-59(20-2)51-70(34-16,35-17)57-71(53-66(22-4,23-5)24-6,58-72(54-67(25-7,26-8)27-9,55-68(28-10,29-11)30-12)56-69(31-13,32-14)33-15)52-65(18,21-3)64(74)75-50-43-37-36-42-49-73-62-47-40-38-45-60(62)61-46-39-41-48-63(61)73/h38-41,45-48,59H,19-37,42-44,49-58H2,1-18H3. The van der Waals surface area contributed by atoms with Crippen molar-refractivity contribution in [3.8, 4) is 0 Å². The number of carbonyl (C=O) groups excluding carboxylic acids is 1. The molecule has 0 aliphatic heterocycles. The van der Waals surface area contributed by atoms with Crippen LogP contribution in [-0.2, 0) is 16.1 Å². The van der Waals surface area contributed by atoms with Crippen molar-refractivity contribution in [1.29, 1.82) is 0 Å². The first-order chi connectivity index (χ1) is 35.8. The third-order valence-electron chi connectivity index (χ3n) is 23.2. The number of fused-ring (bicyclic) bond motifs is 3. The Labute approximate surface area is 467 Å². The molecule has 3 unspecified atom stereocenters. The number of rotatable bonds is 42. The van der Waals surface area contributed by atoms with Crippen molar-refractivity contribution in [2.24, 2.45) is 49.2 Å². The Bertz CT molecular complexity index is 1890. The van der Waals surface area contributed by atoms with Crippen molar-refractivity contribution in [1.82, 2.24) is 4.57 Å². The summed E-state index contributed by atoms with van der Waals surface area (Å²) >= 11 is 0. The average Bonchev–Trinajstić information content (AvgIpc) is 3.77. The Hall–Kier alpha value is -2.29. The van der Waals surface area contributed by atoms with Crippen molar-refractivity contribution in [3.63, 3.8) is 0 Å². The Balaban J connectivity index is 2.30. The zero-order chi connectivity index (χ0) is 56.0. The van der Waals surface area contributed by atoms with Crippen LogP contribution in [0.1, 0.15) is 317 Å². The number of benzene rings is 2. The Morgan fingerprint density at radius 1 is 0.427 bits per heavy atom. The van der Waals surface area contributed by atoms with Gasteiger partial charge in [0.15, 0.2) is 0 Å². The molecule has 0 aliphatic carbocycles. The molecule has 432 valence electrons. The fourth-order valence-electron chi connectivity index (χ4n) is 16.8. The highest BCUT2D eigenvalue weighted by molar-refractivity contribution is 6.07. The van der Waals surface area contributed by atoms with Crippen LogP contribution in [0.4, 0.5) is 0 Å². The molecule has 3 rings (SSSR count). The summed E-state index contributed by atoms with van der Waals surface area (Å²) in [5.41, 5.74) is 3.49. The maximum atomic E-state index is 15.5. The fraction of sp³-hybridized carbons (Fsp3) is 0.819. The minimum Gasteiger partial charge on any atom is -0.465 e. The van der Waals surface area contributed by atoms with E-state index >= 15 is 4.79 Å². The van der Waals surface area contributed by atoms with Gasteiger partial charge in [-0.25, -0.2) is 0 Å². The molecule has 3 nitrogen and oxygen atoms in total. The summed E-state index contributed by atoms with van der Waals surface area (Å²) in [7, 11) is 0. The third-order valence-corrected chi connectivity index (χ3v) is 23.2. The summed E-state index contributed by atoms with van der Waals surface area (Å²) in [6.07, 6.45) is 36.1. The van der Waals surface area contributed by atoms with Crippen LogP contribution < -0.4 is 0 Å². The van der Waals surface area contributed by atoms with Gasteiger partial charge < -0.3 is 9.30 Å². The minimum atomic E-state index is -0.573. The summed E-state index contributed by atoms with van der Waals surface area (Å²) in [6, 6.07) is 17.7. The smallest absolute Gasteiger partial charge is 0.311 e. The largest absolute Gasteiger partial charge is 0.465 e. The second-order valence-electron chi connectivity index (χ2n) is 26.6. The first-order valence-corrected chi connectivity index (χ1v) is 33.0. The molecule has 75 heavy (non-hydrogen) atoms. The second kappa shape index (κ2) is 30.9. The normalized spacial score (nSPS) is 15.4. The molecule has 0 radical (unpaired) electrons. The van der Waals surface area contributed by atoms with E-state index in [1.807, 2.05) is 0 Å². The predicted molar refractivity (Wildman–Crippen MR) is 334 cm³/mol. The Morgan fingerprint density at radius 3 is 1.13 bits per heavy atom. The number of unbranched alkanes of at least 4 members (excludes halogenated alkanes) is 3. The van der Waals surface area contributed by atoms with Crippen molar-refractivity contribution in [3.05, 3.63) is 48.5 Å². The van der Waals surface area contributed by atoms with Gasteiger partial charge in [0.25, 0.3) is 0 Å². The molecule has 0 fully saturated rings. The second-order valence-corrected chi connectivity index (χ2v) is 26.6. The lowest BCUT2D eigenvalue weighted by molar-refractivity contribution is -0.161. The van der Waals surface area contributed by atoms with E-state index in [1.165, 1.54) is 176 Å². The van der Waals surface area contributed by atoms with E-state index < -0.39 is 5.41 Å². The highest BCUT2D eigenvalue weighted by Crippen LogP contribution is 2.66. The van der Waals surface area contributed by atoms with Gasteiger partial charge in [-0.05, 0) is 140 Å². The molecular weight excluding hydrogens is 911 g/mol. The van der Waals surface area contributed by atoms with E-state index in [9.17, 15) is 0 Å². The van der Waals surface area contributed by atoms with Crippen LogP contribution >= 0.6 is 0 Å². The molecule has 0 amide bonds. The van der Waals surface area contributed by atoms with Gasteiger partial charge in [0.2, 0.25) is 0 Å². The molecule has 0 saturated carbocycles. The van der Waals surface area contributed by atoms with Crippen LogP contribution in [0, 0.1) is 49.2 Å². The molecule has 1 aromatic heterocycles. The number of nitrogens with zero attached hydrogens (tertiary/aromatic N) is 1. The highest BCUT2D eigenvalue weighted by Gasteiger charge is 2.56. The Kier molecular flexibility index (Phi) is 27.6. The maximum Gasteiger partial charge on any atom is 0.311 e. The number of para-hydroxylation sites is 2. The highest BCUT2D eigenvalue weighted by atomic mass is 16.5. The van der Waals surface area contributed by atoms with Gasteiger partial charge in [0.1, 0.15) is 0 Å². The molecule has 1 heterocycles. The molecule has 2 aromatic carbocycles. The zero-order valence-corrected chi connectivity index (χ0v) is 53.6. The number of hydrogen-bond acceptors (Lipinski definition) is 2. The first-order valence-electron chi connectivity index (χ1n) is 33.0. The summed E-state index contributed by atoms with van der Waals surface area (Å²) in [4.78, 5) is 15.5. The van der Waals surface area contributed by atoms with Gasteiger partial charge in [0.05, 0.1) is 12.0 Å². The van der Waals surface area contributed by atoms with E-state index in [4.69, 9.17) is 4.74 Å². The Morgan fingerprint density at radius 2 is 0.773 bits per heavy atom. The van der Waals surface area contributed by atoms with Gasteiger partial charge >= 0.3 is 5.97 Å². The molecule has 0 saturated heterocycles. The zero-order valence-electron chi connectivity index (χ0n) is 53.6. The van der Waals surface area contributed by atoms with E-state index in [0.29, 0.717) is 22.9 Å². The number of aromatic nitrogens is 1. The van der Waals surface area contributed by atoms with Crippen LogP contribution in [0.25, 0.3) is 21.8 Å². The van der Waals surface area contributed by atoms with Gasteiger partial charge in [0, 0.05) is 28.4 Å². The fourth-order valence-corrected chi connectivity index (χ4v) is 16.8. The molecule has 0 bridgehead atoms. The molecule has 3 aromatic rings. The van der Waals surface area contributed by atoms with Crippen molar-refractivity contribution < 1.29 is 9.53 Å². The molecule has 3 atom stereocenters. The van der Waals surface area contributed by atoms with Gasteiger partial charge in [-0.15, -0.1) is 0 Å². The molecule has 0 aliphatic rings. The number of esters is 1. The summed E-state index contributed by atoms with van der Waals surface area (Å²) in [5.74, 6) is 0.820. The van der Waals surface area contributed by atoms with Crippen LogP contribution in [0.5, 0.6) is 0 Å². The van der Waals surface area contributed by atoms with Crippen molar-refractivity contribution >= 4 is 27.8 Å². The molecule has 3 heteroatoms. The predicted octanol–water partition coefficient (Wildman–Crippen LogP) is 23.9. The van der Waals surface area contributed by atoms with Gasteiger partial charge in [-0.1, -0.05) is 270 Å². The summed E-state index contributed by atoms with van der Waals surface area (Å²) in [5, 5.41) is 2.69. The average molecular weight is 1040 g/mol. The van der Waals surface area contributed by atoms with Crippen LogP contribution in [0.15, 0.2) is 48.5 Å². The maximum absolute atomic E-state index is 15.5. The first kappa shape index (κ1) is 67.0. The monoisotopic (exact) mass is 1040 g/mol. The summed E-state index contributed by atoms with van der Waals surface area (Å²) < 4.78 is 9.22. The molecule has 0 spiro atoms. The van der Waals surface area contributed by atoms with Gasteiger partial charge in [-0.3, -0.25) is 4.79 Å². The quantitative estimate of drug-likeness (QED) is 0.0418. The van der Waals surface area contributed by atoms with E-state index in [2.05, 4.69) is 178 Å². The van der Waals surface area contributed by atoms with Crippen LogP contribution in [0.3, 0.4) is 0 Å². The van der Waals surface area contributed by atoms with E-state index in [1.54, 1.807) is 0 Å². The SMILES string of the molecule is CCCC(CC)CC(CC)(CC)CC(CC(CC)(CC)CC)(CC(CC(CC)(CC)CC)(CC(CC)(CC)CC)CC(CC)(CC)CC)CC(C)(CC)C(=O)OCCCCCCn1c2ccccc2c2ccccc21. The minimum absolute atomic E-state index is 0.0436. The number of aryl methyl sites for hydroxylation is 1. The number of carbonyl (C=O) groups is 1. The lowest BCUT2D eigenvalue weighted by Gasteiger charge is -2.59. The molecule has 0 N–H and O–H groups in total. The van der Waals surface area contributed by atoms with Gasteiger partial charge in [-0.2, -0.15) is 0 Å². The number of hydrogen-bond donors (Lipinski definition) is 0.